The molecule has 1 atom stereocenters. The molecule has 3 heterocycles. The molecule has 0 saturated carbocycles. The lowest BCUT2D eigenvalue weighted by Gasteiger charge is -2.27. The van der Waals surface area contributed by atoms with Crippen LogP contribution in [0.1, 0.15) is 24.8 Å². The summed E-state index contributed by atoms with van der Waals surface area (Å²) in [6.07, 6.45) is 4.23. The number of rotatable bonds is 7. The average molecular weight is 436 g/mol. The van der Waals surface area contributed by atoms with Crippen LogP contribution in [0.5, 0.6) is 0 Å². The first-order valence-corrected chi connectivity index (χ1v) is 10.5. The van der Waals surface area contributed by atoms with Crippen LogP contribution in [0.3, 0.4) is 0 Å². The van der Waals surface area contributed by atoms with Gasteiger partial charge in [0.2, 0.25) is 0 Å². The maximum atomic E-state index is 10.7. The molecule has 1 aromatic heterocycles. The van der Waals surface area contributed by atoms with Crippen molar-refractivity contribution in [3.8, 4) is 0 Å². The van der Waals surface area contributed by atoms with Gasteiger partial charge in [-0.15, -0.1) is 0 Å². The Morgan fingerprint density at radius 1 is 1.38 bits per heavy atom. The van der Waals surface area contributed by atoms with Crippen molar-refractivity contribution in [3.05, 3.63) is 39.9 Å². The minimum absolute atomic E-state index is 0.0142. The van der Waals surface area contributed by atoms with E-state index < -0.39 is 5.97 Å². The SMILES string of the molecule is O=C(O)CCOC[C@@H]1CCCN1c1cc(C2=CCNC2)c2ccc(Cl)c(Cl)c2n1. The molecule has 2 aromatic rings. The highest BCUT2D eigenvalue weighted by Crippen LogP contribution is 2.37. The highest BCUT2D eigenvalue weighted by molar-refractivity contribution is 6.45. The van der Waals surface area contributed by atoms with Gasteiger partial charge in [-0.05, 0) is 36.1 Å². The third-order valence-corrected chi connectivity index (χ3v) is 6.25. The van der Waals surface area contributed by atoms with Crippen molar-refractivity contribution in [3.63, 3.8) is 0 Å². The predicted molar refractivity (Wildman–Crippen MR) is 116 cm³/mol. The summed E-state index contributed by atoms with van der Waals surface area (Å²) in [5.74, 6) is 0.00730. The van der Waals surface area contributed by atoms with E-state index in [0.717, 1.165) is 49.2 Å². The Labute approximate surface area is 179 Å². The number of anilines is 1. The van der Waals surface area contributed by atoms with E-state index in [2.05, 4.69) is 22.4 Å². The molecule has 4 rings (SSSR count). The number of carbonyl (C=O) groups is 1. The Bertz CT molecular complexity index is 964. The van der Waals surface area contributed by atoms with Crippen LogP contribution in [-0.2, 0) is 9.53 Å². The molecule has 1 saturated heterocycles. The third kappa shape index (κ3) is 4.36. The van der Waals surface area contributed by atoms with Gasteiger partial charge in [0, 0.05) is 25.0 Å². The van der Waals surface area contributed by atoms with Gasteiger partial charge in [0.15, 0.2) is 0 Å². The van der Waals surface area contributed by atoms with Crippen LogP contribution >= 0.6 is 23.2 Å². The molecule has 8 heteroatoms. The van der Waals surface area contributed by atoms with Crippen molar-refractivity contribution in [2.24, 2.45) is 0 Å². The fraction of sp³-hybridized carbons (Fsp3) is 0.429. The largest absolute Gasteiger partial charge is 0.481 e. The van der Waals surface area contributed by atoms with Gasteiger partial charge in [0.1, 0.15) is 5.82 Å². The highest BCUT2D eigenvalue weighted by Gasteiger charge is 2.27. The molecule has 2 aliphatic heterocycles. The lowest BCUT2D eigenvalue weighted by Crippen LogP contribution is -2.34. The van der Waals surface area contributed by atoms with Gasteiger partial charge in [-0.1, -0.05) is 35.3 Å². The minimum Gasteiger partial charge on any atom is -0.481 e. The van der Waals surface area contributed by atoms with Crippen molar-refractivity contribution in [1.29, 1.82) is 0 Å². The number of carboxylic acid groups (broad SMARTS) is 1. The Morgan fingerprint density at radius 2 is 2.24 bits per heavy atom. The molecule has 0 spiro atoms. The Balaban J connectivity index is 1.67. The fourth-order valence-electron chi connectivity index (χ4n) is 4.00. The Hall–Kier alpha value is -1.86. The quantitative estimate of drug-likeness (QED) is 0.640. The van der Waals surface area contributed by atoms with Crippen LogP contribution in [0.15, 0.2) is 24.3 Å². The number of hydrogen-bond acceptors (Lipinski definition) is 5. The van der Waals surface area contributed by atoms with E-state index in [9.17, 15) is 4.79 Å². The monoisotopic (exact) mass is 435 g/mol. The molecule has 2 N–H and O–H groups in total. The number of nitrogens with one attached hydrogen (secondary N) is 1. The van der Waals surface area contributed by atoms with Gasteiger partial charge in [0.05, 0.1) is 41.2 Å². The van der Waals surface area contributed by atoms with Gasteiger partial charge >= 0.3 is 5.97 Å². The Morgan fingerprint density at radius 3 is 3.00 bits per heavy atom. The summed E-state index contributed by atoms with van der Waals surface area (Å²) in [4.78, 5) is 17.8. The van der Waals surface area contributed by atoms with Crippen molar-refractivity contribution in [1.82, 2.24) is 10.3 Å². The molecule has 1 aromatic carbocycles. The molecule has 0 unspecified atom stereocenters. The maximum Gasteiger partial charge on any atom is 0.305 e. The van der Waals surface area contributed by atoms with Gasteiger partial charge < -0.3 is 20.1 Å². The normalized spacial score (nSPS) is 19.2. The van der Waals surface area contributed by atoms with E-state index in [1.807, 2.05) is 12.1 Å². The fourth-order valence-corrected chi connectivity index (χ4v) is 4.36. The second-order valence-electron chi connectivity index (χ2n) is 7.35. The maximum absolute atomic E-state index is 10.7. The molecule has 29 heavy (non-hydrogen) atoms. The van der Waals surface area contributed by atoms with E-state index in [1.165, 1.54) is 5.57 Å². The second-order valence-corrected chi connectivity index (χ2v) is 8.14. The summed E-state index contributed by atoms with van der Waals surface area (Å²) in [5, 5.41) is 14.1. The van der Waals surface area contributed by atoms with Crippen molar-refractivity contribution in [2.45, 2.75) is 25.3 Å². The number of benzene rings is 1. The topological polar surface area (TPSA) is 74.7 Å². The first-order chi connectivity index (χ1) is 14.0. The van der Waals surface area contributed by atoms with Gasteiger partial charge in [-0.2, -0.15) is 0 Å². The van der Waals surface area contributed by atoms with Crippen LogP contribution < -0.4 is 10.2 Å². The summed E-state index contributed by atoms with van der Waals surface area (Å²) in [7, 11) is 0. The number of aliphatic carboxylic acids is 1. The zero-order valence-electron chi connectivity index (χ0n) is 16.0. The molecule has 154 valence electrons. The summed E-state index contributed by atoms with van der Waals surface area (Å²) < 4.78 is 5.62. The number of aromatic nitrogens is 1. The third-order valence-electron chi connectivity index (χ3n) is 5.46. The van der Waals surface area contributed by atoms with Crippen molar-refractivity contribution in [2.75, 3.05) is 37.7 Å². The van der Waals surface area contributed by atoms with Crippen LogP contribution in [0.2, 0.25) is 10.0 Å². The number of nitrogens with zero attached hydrogens (tertiary/aromatic N) is 2. The number of hydrogen-bond donors (Lipinski definition) is 2. The number of ether oxygens (including phenoxy) is 1. The molecule has 0 amide bonds. The number of pyridine rings is 1. The summed E-state index contributed by atoms with van der Waals surface area (Å²) >= 11 is 12.8. The van der Waals surface area contributed by atoms with E-state index in [0.29, 0.717) is 22.2 Å². The number of carboxylic acids is 1. The van der Waals surface area contributed by atoms with Crippen molar-refractivity contribution >= 4 is 51.5 Å². The molecule has 1 fully saturated rings. The van der Waals surface area contributed by atoms with Crippen LogP contribution in [-0.4, -0.2) is 54.9 Å². The van der Waals surface area contributed by atoms with Gasteiger partial charge in [-0.25, -0.2) is 4.98 Å². The van der Waals surface area contributed by atoms with E-state index in [1.54, 1.807) is 0 Å². The summed E-state index contributed by atoms with van der Waals surface area (Å²) in [5.41, 5.74) is 3.05. The summed E-state index contributed by atoms with van der Waals surface area (Å²) in [6.45, 7) is 3.23. The molecule has 0 aliphatic carbocycles. The minimum atomic E-state index is -0.848. The highest BCUT2D eigenvalue weighted by atomic mass is 35.5. The number of halogens is 2. The average Bonchev–Trinajstić information content (AvgIpc) is 3.39. The predicted octanol–water partition coefficient (Wildman–Crippen LogP) is 3.99. The van der Waals surface area contributed by atoms with E-state index in [4.69, 9.17) is 38.0 Å². The molecule has 0 bridgehead atoms. The second kappa shape index (κ2) is 8.88. The first-order valence-electron chi connectivity index (χ1n) is 9.79. The molecule has 0 radical (unpaired) electrons. The Kier molecular flexibility index (Phi) is 6.25. The molecular weight excluding hydrogens is 413 g/mol. The van der Waals surface area contributed by atoms with Gasteiger partial charge in [0.25, 0.3) is 0 Å². The van der Waals surface area contributed by atoms with Crippen LogP contribution in [0.25, 0.3) is 16.5 Å². The smallest absolute Gasteiger partial charge is 0.305 e. The lowest BCUT2D eigenvalue weighted by molar-refractivity contribution is -0.138. The standard InChI is InChI=1S/C21H23Cl2N3O3/c22-17-4-3-15-16(13-5-7-24-11-13)10-18(25-21(15)20(17)23)26-8-1-2-14(26)12-29-9-6-19(27)28/h3-5,10,14,24H,1-2,6-9,11-12H2,(H,27,28)/t14-/m0/s1. The van der Waals surface area contributed by atoms with Crippen LogP contribution in [0.4, 0.5) is 5.82 Å². The van der Waals surface area contributed by atoms with Crippen molar-refractivity contribution < 1.29 is 14.6 Å². The zero-order chi connectivity index (χ0) is 20.4. The lowest BCUT2D eigenvalue weighted by atomic mass is 10.0. The van der Waals surface area contributed by atoms with E-state index >= 15 is 0 Å². The first kappa shape index (κ1) is 20.4. The zero-order valence-corrected chi connectivity index (χ0v) is 17.5. The molecular formula is C21H23Cl2N3O3. The van der Waals surface area contributed by atoms with Gasteiger partial charge in [-0.3, -0.25) is 4.79 Å². The van der Waals surface area contributed by atoms with Crippen LogP contribution in [0, 0.1) is 0 Å². The number of fused-ring (bicyclic) bond motifs is 1. The molecule has 2 aliphatic rings. The van der Waals surface area contributed by atoms with E-state index in [-0.39, 0.29) is 19.1 Å². The molecule has 6 nitrogen and oxygen atoms in total. The summed E-state index contributed by atoms with van der Waals surface area (Å²) in [6, 6.07) is 6.08.